The molecule has 1 saturated carbocycles. The molecule has 1 fully saturated rings. The van der Waals surface area contributed by atoms with Gasteiger partial charge in [-0.05, 0) is 43.0 Å². The second-order valence-corrected chi connectivity index (χ2v) is 4.57. The highest BCUT2D eigenvalue weighted by Crippen LogP contribution is 2.50. The summed E-state index contributed by atoms with van der Waals surface area (Å²) in [7, 11) is 0. The van der Waals surface area contributed by atoms with Gasteiger partial charge in [0.1, 0.15) is 0 Å². The maximum atomic E-state index is 9.89. The summed E-state index contributed by atoms with van der Waals surface area (Å²) < 4.78 is 0. The van der Waals surface area contributed by atoms with Crippen LogP contribution in [0.3, 0.4) is 0 Å². The van der Waals surface area contributed by atoms with E-state index in [-0.39, 0.29) is 12.0 Å². The smallest absolute Gasteiger partial charge is 0.0761 e. The molecule has 2 heterocycles. The van der Waals surface area contributed by atoms with Crippen molar-refractivity contribution in [2.24, 2.45) is 5.92 Å². The van der Waals surface area contributed by atoms with Gasteiger partial charge in [0.15, 0.2) is 0 Å². The van der Waals surface area contributed by atoms with E-state index in [1.165, 1.54) is 12.8 Å². The first kappa shape index (κ1) is 9.73. The Morgan fingerprint density at radius 3 is 2.00 bits per heavy atom. The van der Waals surface area contributed by atoms with E-state index in [0.717, 1.165) is 11.4 Å². The van der Waals surface area contributed by atoms with Gasteiger partial charge in [-0.15, -0.1) is 0 Å². The highest BCUT2D eigenvalue weighted by molar-refractivity contribution is 5.35. The SMILES string of the molecule is OCC(c1ccc[nH]1)(c1ccc[nH]1)C1CC1. The lowest BCUT2D eigenvalue weighted by Gasteiger charge is -2.30. The first-order valence-corrected chi connectivity index (χ1v) is 5.76. The van der Waals surface area contributed by atoms with Crippen molar-refractivity contribution in [3.8, 4) is 0 Å². The Balaban J connectivity index is 2.13. The van der Waals surface area contributed by atoms with Crippen molar-refractivity contribution in [1.29, 1.82) is 0 Å². The maximum Gasteiger partial charge on any atom is 0.0761 e. The van der Waals surface area contributed by atoms with Gasteiger partial charge in [-0.2, -0.15) is 0 Å². The van der Waals surface area contributed by atoms with Crippen molar-refractivity contribution in [1.82, 2.24) is 9.97 Å². The quantitative estimate of drug-likeness (QED) is 0.719. The fraction of sp³-hybridized carbons (Fsp3) is 0.385. The van der Waals surface area contributed by atoms with E-state index < -0.39 is 0 Å². The standard InChI is InChI=1S/C13H16N2O/c16-9-13(10-5-6-10,11-3-1-7-14-11)12-4-2-8-15-12/h1-4,7-8,10,14-16H,5-6,9H2. The van der Waals surface area contributed by atoms with Crippen LogP contribution < -0.4 is 0 Å². The van der Waals surface area contributed by atoms with Crippen molar-refractivity contribution in [3.05, 3.63) is 48.0 Å². The summed E-state index contributed by atoms with van der Waals surface area (Å²) >= 11 is 0. The lowest BCUT2D eigenvalue weighted by Crippen LogP contribution is -2.35. The van der Waals surface area contributed by atoms with E-state index >= 15 is 0 Å². The largest absolute Gasteiger partial charge is 0.395 e. The minimum Gasteiger partial charge on any atom is -0.395 e. The van der Waals surface area contributed by atoms with E-state index in [9.17, 15) is 5.11 Å². The topological polar surface area (TPSA) is 51.8 Å². The Bertz CT molecular complexity index is 406. The van der Waals surface area contributed by atoms with Gasteiger partial charge in [0, 0.05) is 23.8 Å². The van der Waals surface area contributed by atoms with E-state index in [1.807, 2.05) is 24.5 Å². The van der Waals surface area contributed by atoms with Crippen molar-refractivity contribution in [3.63, 3.8) is 0 Å². The lowest BCUT2D eigenvalue weighted by molar-refractivity contribution is 0.196. The molecule has 3 heteroatoms. The van der Waals surface area contributed by atoms with Crippen LogP contribution in [0, 0.1) is 5.92 Å². The van der Waals surface area contributed by atoms with Gasteiger partial charge in [-0.25, -0.2) is 0 Å². The monoisotopic (exact) mass is 216 g/mol. The molecule has 16 heavy (non-hydrogen) atoms. The zero-order valence-electron chi connectivity index (χ0n) is 9.11. The van der Waals surface area contributed by atoms with Crippen LogP contribution in [0.25, 0.3) is 0 Å². The summed E-state index contributed by atoms with van der Waals surface area (Å²) in [5.74, 6) is 0.551. The zero-order chi connectivity index (χ0) is 11.0. The fourth-order valence-electron chi connectivity index (χ4n) is 2.68. The summed E-state index contributed by atoms with van der Waals surface area (Å²) in [5, 5.41) is 9.89. The predicted octanol–water partition coefficient (Wildman–Crippen LogP) is 2.03. The number of rotatable bonds is 4. The molecule has 0 atom stereocenters. The number of H-pyrrole nitrogens is 2. The van der Waals surface area contributed by atoms with Crippen molar-refractivity contribution in [2.75, 3.05) is 6.61 Å². The number of nitrogens with one attached hydrogen (secondary N) is 2. The fourth-order valence-corrected chi connectivity index (χ4v) is 2.68. The van der Waals surface area contributed by atoms with Crippen molar-refractivity contribution < 1.29 is 5.11 Å². The predicted molar refractivity (Wildman–Crippen MR) is 62.2 cm³/mol. The van der Waals surface area contributed by atoms with Crippen molar-refractivity contribution in [2.45, 2.75) is 18.3 Å². The summed E-state index contributed by atoms with van der Waals surface area (Å²) in [6, 6.07) is 8.11. The first-order chi connectivity index (χ1) is 7.88. The molecule has 3 rings (SSSR count). The van der Waals surface area contributed by atoms with Crippen LogP contribution in [0.1, 0.15) is 24.2 Å². The molecule has 1 aliphatic rings. The minimum absolute atomic E-state index is 0.151. The maximum absolute atomic E-state index is 9.89. The molecule has 0 aliphatic heterocycles. The number of aliphatic hydroxyl groups excluding tert-OH is 1. The van der Waals surface area contributed by atoms with E-state index in [0.29, 0.717) is 5.92 Å². The third-order valence-corrected chi connectivity index (χ3v) is 3.68. The number of aromatic amines is 2. The Hall–Kier alpha value is -1.48. The van der Waals surface area contributed by atoms with Crippen LogP contribution >= 0.6 is 0 Å². The van der Waals surface area contributed by atoms with Crippen LogP contribution in [0.4, 0.5) is 0 Å². The second kappa shape index (κ2) is 3.52. The summed E-state index contributed by atoms with van der Waals surface area (Å²) in [5.41, 5.74) is 1.97. The highest BCUT2D eigenvalue weighted by Gasteiger charge is 2.48. The molecule has 0 aromatic carbocycles. The Labute approximate surface area is 94.5 Å². The molecule has 3 N–H and O–H groups in total. The van der Waals surface area contributed by atoms with Gasteiger partial charge in [0.25, 0.3) is 0 Å². The molecule has 84 valence electrons. The average Bonchev–Trinajstić information content (AvgIpc) is 2.85. The van der Waals surface area contributed by atoms with Gasteiger partial charge < -0.3 is 15.1 Å². The third kappa shape index (κ3) is 1.25. The van der Waals surface area contributed by atoms with Gasteiger partial charge in [0.05, 0.1) is 12.0 Å². The number of hydrogen-bond acceptors (Lipinski definition) is 1. The summed E-state index contributed by atoms with van der Waals surface area (Å²) in [6.07, 6.45) is 6.23. The zero-order valence-corrected chi connectivity index (χ0v) is 9.11. The Morgan fingerprint density at radius 1 is 1.12 bits per heavy atom. The first-order valence-electron chi connectivity index (χ1n) is 5.76. The van der Waals surface area contributed by atoms with Crippen LogP contribution in [-0.4, -0.2) is 21.7 Å². The third-order valence-electron chi connectivity index (χ3n) is 3.68. The molecule has 3 nitrogen and oxygen atoms in total. The van der Waals surface area contributed by atoms with Crippen molar-refractivity contribution >= 4 is 0 Å². The molecule has 0 amide bonds. The molecule has 2 aromatic rings. The minimum atomic E-state index is -0.257. The Kier molecular flexibility index (Phi) is 2.14. The molecule has 0 spiro atoms. The van der Waals surface area contributed by atoms with Crippen LogP contribution in [0.5, 0.6) is 0 Å². The normalized spacial score (nSPS) is 16.6. The molecule has 0 unspecified atom stereocenters. The molecule has 0 radical (unpaired) electrons. The van der Waals surface area contributed by atoms with Gasteiger partial charge >= 0.3 is 0 Å². The molecule has 1 aliphatic carbocycles. The summed E-state index contributed by atoms with van der Waals surface area (Å²) in [4.78, 5) is 6.52. The molecule has 0 bridgehead atoms. The molecular weight excluding hydrogens is 200 g/mol. The number of aromatic nitrogens is 2. The van der Waals surface area contributed by atoms with Gasteiger partial charge in [-0.3, -0.25) is 0 Å². The van der Waals surface area contributed by atoms with E-state index in [2.05, 4.69) is 22.1 Å². The number of aliphatic hydroxyl groups is 1. The Morgan fingerprint density at radius 2 is 1.69 bits per heavy atom. The summed E-state index contributed by atoms with van der Waals surface area (Å²) in [6.45, 7) is 0.151. The molecular formula is C13H16N2O. The molecule has 2 aromatic heterocycles. The van der Waals surface area contributed by atoms with Crippen LogP contribution in [-0.2, 0) is 5.41 Å². The highest BCUT2D eigenvalue weighted by atomic mass is 16.3. The van der Waals surface area contributed by atoms with E-state index in [4.69, 9.17) is 0 Å². The number of hydrogen-bond donors (Lipinski definition) is 3. The average molecular weight is 216 g/mol. The molecule has 0 saturated heterocycles. The lowest BCUT2D eigenvalue weighted by atomic mass is 9.77. The van der Waals surface area contributed by atoms with Crippen LogP contribution in [0.2, 0.25) is 0 Å². The van der Waals surface area contributed by atoms with Crippen LogP contribution in [0.15, 0.2) is 36.7 Å². The second-order valence-electron chi connectivity index (χ2n) is 4.57. The van der Waals surface area contributed by atoms with Gasteiger partial charge in [0.2, 0.25) is 0 Å². The van der Waals surface area contributed by atoms with E-state index in [1.54, 1.807) is 0 Å². The van der Waals surface area contributed by atoms with Gasteiger partial charge in [-0.1, -0.05) is 0 Å².